The van der Waals surface area contributed by atoms with E-state index in [4.69, 9.17) is 19.9 Å². The standard InChI is InChI=1S/C62H78N6O10/c1-40(76-59(2,3)4)53(56(72)65-50(58(74)75)36-41-23-15-11-16-24-41)66-54(70)49(38-52(69)67-62(43-25-17-12-18-26-43,44-27-19-13-20-28-44)45-29-21-14-22-30-45)64-55(71)51-37-47(78-61(8,9)10)39-68(51)57(73)48(63)35-42-31-33-46(34-32-42)77-60(5,6)7/h11-34,40,47-51,53H,35-39,63H2,1-10H3,(H,64,71)(H,65,72)(H,66,70)(H,67,69)(H,74,75)/t40-,47-,48+,49+,50+,51+,53+/m1/s1. The van der Waals surface area contributed by atoms with Gasteiger partial charge in [0.05, 0.1) is 35.9 Å². The lowest BCUT2D eigenvalue weighted by Gasteiger charge is -2.37. The van der Waals surface area contributed by atoms with Gasteiger partial charge in [-0.15, -0.1) is 0 Å². The Hall–Kier alpha value is -7.40. The van der Waals surface area contributed by atoms with Crippen LogP contribution in [0.5, 0.6) is 5.75 Å². The van der Waals surface area contributed by atoms with Crippen LogP contribution in [-0.2, 0) is 56.6 Å². The normalized spacial score (nSPS) is 16.9. The van der Waals surface area contributed by atoms with Gasteiger partial charge in [0.1, 0.15) is 41.1 Å². The number of amides is 5. The quantitative estimate of drug-likeness (QED) is 0.0387. The Kier molecular flexibility index (Phi) is 19.8. The molecule has 0 spiro atoms. The number of rotatable bonds is 22. The van der Waals surface area contributed by atoms with E-state index in [0.29, 0.717) is 28.0 Å². The first kappa shape index (κ1) is 59.8. The molecule has 1 fully saturated rings. The van der Waals surface area contributed by atoms with Crippen molar-refractivity contribution in [1.29, 1.82) is 0 Å². The Morgan fingerprint density at radius 3 is 1.59 bits per heavy atom. The molecule has 16 heteroatoms. The van der Waals surface area contributed by atoms with Crippen molar-refractivity contribution in [2.75, 3.05) is 6.54 Å². The number of hydrogen-bond acceptors (Lipinski definition) is 10. The van der Waals surface area contributed by atoms with Gasteiger partial charge in [0.25, 0.3) is 0 Å². The fourth-order valence-electron chi connectivity index (χ4n) is 9.77. The molecule has 6 rings (SSSR count). The summed E-state index contributed by atoms with van der Waals surface area (Å²) in [5.74, 6) is -4.48. The third kappa shape index (κ3) is 16.8. The maximum Gasteiger partial charge on any atom is 0.326 e. The van der Waals surface area contributed by atoms with Crippen LogP contribution in [0.2, 0.25) is 0 Å². The summed E-state index contributed by atoms with van der Waals surface area (Å²) >= 11 is 0. The van der Waals surface area contributed by atoms with E-state index < -0.39 is 107 Å². The van der Waals surface area contributed by atoms with Gasteiger partial charge in [-0.25, -0.2) is 4.79 Å². The van der Waals surface area contributed by atoms with Crippen LogP contribution in [0.4, 0.5) is 0 Å². The molecular weight excluding hydrogens is 989 g/mol. The fourth-order valence-corrected chi connectivity index (χ4v) is 9.77. The molecule has 7 atom stereocenters. The molecule has 7 N–H and O–H groups in total. The van der Waals surface area contributed by atoms with Crippen molar-refractivity contribution in [2.45, 2.75) is 160 Å². The van der Waals surface area contributed by atoms with Gasteiger partial charge < -0.3 is 51.2 Å². The van der Waals surface area contributed by atoms with Crippen molar-refractivity contribution in [2.24, 2.45) is 5.73 Å². The van der Waals surface area contributed by atoms with Crippen LogP contribution in [0, 0.1) is 0 Å². The minimum absolute atomic E-state index is 0.00295. The average Bonchev–Trinajstić information content (AvgIpc) is 3.88. The summed E-state index contributed by atoms with van der Waals surface area (Å²) in [6.45, 7) is 18.3. The molecule has 0 aliphatic carbocycles. The lowest BCUT2D eigenvalue weighted by molar-refractivity contribution is -0.145. The van der Waals surface area contributed by atoms with Crippen molar-refractivity contribution in [1.82, 2.24) is 26.2 Å². The van der Waals surface area contributed by atoms with Crippen molar-refractivity contribution in [3.05, 3.63) is 173 Å². The highest BCUT2D eigenvalue weighted by molar-refractivity contribution is 5.98. The van der Waals surface area contributed by atoms with Crippen molar-refractivity contribution < 1.29 is 48.1 Å². The molecule has 0 aromatic heterocycles. The number of nitrogens with zero attached hydrogens (tertiary/aromatic N) is 1. The largest absolute Gasteiger partial charge is 0.488 e. The number of nitrogens with one attached hydrogen (secondary N) is 4. The molecule has 416 valence electrons. The second-order valence-electron chi connectivity index (χ2n) is 22.9. The summed E-state index contributed by atoms with van der Waals surface area (Å²) in [6, 6.07) is 37.1. The maximum atomic E-state index is 15.2. The predicted octanol–water partition coefficient (Wildman–Crippen LogP) is 7.00. The van der Waals surface area contributed by atoms with Crippen LogP contribution in [0.1, 0.15) is 110 Å². The number of carboxylic acids is 1. The molecule has 1 aliphatic rings. The highest BCUT2D eigenvalue weighted by atomic mass is 16.5. The third-order valence-electron chi connectivity index (χ3n) is 12.9. The van der Waals surface area contributed by atoms with Gasteiger partial charge in [0.15, 0.2) is 0 Å². The number of hydrogen-bond donors (Lipinski definition) is 6. The number of carboxylic acid groups (broad SMARTS) is 1. The van der Waals surface area contributed by atoms with Gasteiger partial charge in [-0.3, -0.25) is 24.0 Å². The molecule has 1 heterocycles. The van der Waals surface area contributed by atoms with E-state index in [0.717, 1.165) is 5.56 Å². The number of ether oxygens (including phenoxy) is 3. The average molecular weight is 1070 g/mol. The first-order chi connectivity index (χ1) is 36.7. The number of aliphatic carboxylic acids is 1. The molecular formula is C62H78N6O10. The molecule has 0 unspecified atom stereocenters. The van der Waals surface area contributed by atoms with E-state index in [-0.39, 0.29) is 25.8 Å². The van der Waals surface area contributed by atoms with E-state index in [1.165, 1.54) is 4.90 Å². The van der Waals surface area contributed by atoms with E-state index in [9.17, 15) is 19.5 Å². The van der Waals surface area contributed by atoms with Crippen molar-refractivity contribution in [3.63, 3.8) is 0 Å². The first-order valence-electron chi connectivity index (χ1n) is 26.6. The third-order valence-corrected chi connectivity index (χ3v) is 12.9. The molecule has 16 nitrogen and oxygen atoms in total. The summed E-state index contributed by atoms with van der Waals surface area (Å²) in [4.78, 5) is 88.5. The Labute approximate surface area is 459 Å². The van der Waals surface area contributed by atoms with Gasteiger partial charge in [0, 0.05) is 19.4 Å². The lowest BCUT2D eigenvalue weighted by atomic mass is 9.77. The zero-order valence-electron chi connectivity index (χ0n) is 46.6. The molecule has 1 saturated heterocycles. The highest BCUT2D eigenvalue weighted by Gasteiger charge is 2.45. The number of nitrogens with two attached hydrogens (primary N) is 1. The number of carbonyl (C=O) groups is 6. The predicted molar refractivity (Wildman–Crippen MR) is 299 cm³/mol. The molecule has 5 aromatic rings. The summed E-state index contributed by atoms with van der Waals surface area (Å²) in [7, 11) is 0. The van der Waals surface area contributed by atoms with Gasteiger partial charge >= 0.3 is 5.97 Å². The Morgan fingerprint density at radius 2 is 1.12 bits per heavy atom. The Bertz CT molecular complexity index is 2700. The number of likely N-dealkylation sites (tertiary alicyclic amines) is 1. The van der Waals surface area contributed by atoms with Crippen LogP contribution in [0.15, 0.2) is 146 Å². The van der Waals surface area contributed by atoms with Crippen LogP contribution < -0.4 is 31.7 Å². The zero-order valence-corrected chi connectivity index (χ0v) is 46.6. The van der Waals surface area contributed by atoms with E-state index in [2.05, 4.69) is 21.3 Å². The minimum atomic E-state index is -1.70. The van der Waals surface area contributed by atoms with Crippen molar-refractivity contribution in [3.8, 4) is 5.75 Å². The summed E-state index contributed by atoms with van der Waals surface area (Å²) in [5.41, 5.74) is 6.91. The number of benzene rings is 5. The lowest BCUT2D eigenvalue weighted by Crippen LogP contribution is -2.62. The summed E-state index contributed by atoms with van der Waals surface area (Å²) in [5, 5.41) is 21.7. The van der Waals surface area contributed by atoms with E-state index in [1.54, 1.807) is 70.2 Å². The van der Waals surface area contributed by atoms with Gasteiger partial charge in [-0.2, -0.15) is 0 Å². The summed E-state index contributed by atoms with van der Waals surface area (Å²) in [6.07, 6.45) is -2.27. The molecule has 5 amide bonds. The molecule has 0 radical (unpaired) electrons. The van der Waals surface area contributed by atoms with Gasteiger partial charge in [0.2, 0.25) is 29.5 Å². The monoisotopic (exact) mass is 1070 g/mol. The fraction of sp³-hybridized carbons (Fsp3) is 0.419. The maximum absolute atomic E-state index is 15.2. The Morgan fingerprint density at radius 1 is 0.615 bits per heavy atom. The first-order valence-corrected chi connectivity index (χ1v) is 26.6. The second-order valence-corrected chi connectivity index (χ2v) is 22.9. The molecule has 1 aliphatic heterocycles. The molecule has 0 saturated carbocycles. The van der Waals surface area contributed by atoms with Crippen LogP contribution in [-0.4, -0.2) is 111 Å². The van der Waals surface area contributed by atoms with E-state index >= 15 is 14.4 Å². The topological polar surface area (TPSA) is 228 Å². The Balaban J connectivity index is 1.38. The van der Waals surface area contributed by atoms with E-state index in [1.807, 2.05) is 145 Å². The molecule has 5 aromatic carbocycles. The second kappa shape index (κ2) is 25.8. The molecule has 78 heavy (non-hydrogen) atoms. The highest BCUT2D eigenvalue weighted by Crippen LogP contribution is 2.37. The molecule has 0 bridgehead atoms. The van der Waals surface area contributed by atoms with Crippen LogP contribution in [0.25, 0.3) is 0 Å². The minimum Gasteiger partial charge on any atom is -0.488 e. The zero-order chi connectivity index (χ0) is 57.0. The van der Waals surface area contributed by atoms with Crippen LogP contribution >= 0.6 is 0 Å². The summed E-state index contributed by atoms with van der Waals surface area (Å²) < 4.78 is 18.6. The SMILES string of the molecule is C[C@@H](OC(C)(C)C)[C@H](NC(=O)[C@H](CC(=O)NC(c1ccccc1)(c1ccccc1)c1ccccc1)NC(=O)[C@@H]1C[C@@H](OC(C)(C)C)CN1C(=O)[C@@H](N)Cc1ccc(OC(C)(C)C)cc1)C(=O)N[C@@H](Cc1ccccc1)C(=O)O. The number of carbonyl (C=O) groups excluding carboxylic acids is 5. The van der Waals surface area contributed by atoms with Crippen LogP contribution in [0.3, 0.4) is 0 Å². The smallest absolute Gasteiger partial charge is 0.326 e. The van der Waals surface area contributed by atoms with Gasteiger partial charge in [-0.1, -0.05) is 133 Å². The van der Waals surface area contributed by atoms with Crippen molar-refractivity contribution >= 4 is 35.5 Å². The van der Waals surface area contributed by atoms with Gasteiger partial charge in [-0.05, 0) is 116 Å².